The lowest BCUT2D eigenvalue weighted by atomic mass is 9.92. The molecule has 2 bridgehead atoms. The van der Waals surface area contributed by atoms with Gasteiger partial charge in [0.2, 0.25) is 11.8 Å². The molecule has 5 fully saturated rings. The molecule has 11 heterocycles. The molecule has 11 rings (SSSR count). The summed E-state index contributed by atoms with van der Waals surface area (Å²) in [6.07, 6.45) is 11.7. The predicted molar refractivity (Wildman–Crippen MR) is 185 cm³/mol. The van der Waals surface area contributed by atoms with Gasteiger partial charge in [-0.1, -0.05) is 5.16 Å². The van der Waals surface area contributed by atoms with Gasteiger partial charge in [-0.15, -0.1) is 10.2 Å². The number of rotatable bonds is 8. The second-order valence-electron chi connectivity index (χ2n) is 14.6. The summed E-state index contributed by atoms with van der Waals surface area (Å²) in [6, 6.07) is 2.35. The zero-order chi connectivity index (χ0) is 34.9. The SMILES string of the molecule is Cc1nnc(CN2CC[C@@H]3CCN(C(=O)c4ncc(CC(C)n5ncc6cc(-c7nc(C8CN9CCN8CC9)no7)cnc65)n5ccnc45)C[C@@H]32)o1. The summed E-state index contributed by atoms with van der Waals surface area (Å²) in [5, 5.41) is 18.1. The Balaban J connectivity index is 0.841. The summed E-state index contributed by atoms with van der Waals surface area (Å²) in [6.45, 7) is 12.0. The van der Waals surface area contributed by atoms with Crippen LogP contribution in [0, 0.1) is 12.8 Å². The largest absolute Gasteiger partial charge is 0.424 e. The maximum Gasteiger partial charge on any atom is 0.276 e. The molecule has 5 aliphatic heterocycles. The first-order chi connectivity index (χ1) is 25.4. The molecule has 52 heavy (non-hydrogen) atoms. The quantitative estimate of drug-likeness (QED) is 0.226. The molecule has 268 valence electrons. The van der Waals surface area contributed by atoms with Crippen molar-refractivity contribution >= 4 is 22.6 Å². The zero-order valence-corrected chi connectivity index (χ0v) is 29.2. The molecule has 17 nitrogen and oxygen atoms in total. The monoisotopic (exact) mass is 704 g/mol. The van der Waals surface area contributed by atoms with Gasteiger partial charge < -0.3 is 18.2 Å². The highest BCUT2D eigenvalue weighted by molar-refractivity contribution is 5.98. The van der Waals surface area contributed by atoms with Crippen molar-refractivity contribution in [3.05, 3.63) is 66.0 Å². The molecule has 6 aromatic rings. The minimum atomic E-state index is -0.0950. The number of aromatic nitrogens is 10. The Morgan fingerprint density at radius 3 is 2.69 bits per heavy atom. The average Bonchev–Trinajstić information content (AvgIpc) is 4.03. The number of imidazole rings is 1. The fourth-order valence-corrected chi connectivity index (χ4v) is 8.72. The van der Waals surface area contributed by atoms with E-state index in [2.05, 4.69) is 42.0 Å². The van der Waals surface area contributed by atoms with Crippen LogP contribution in [0.1, 0.15) is 65.6 Å². The van der Waals surface area contributed by atoms with Crippen molar-refractivity contribution in [1.82, 2.24) is 69.1 Å². The Labute approximate surface area is 298 Å². The average molecular weight is 705 g/mol. The smallest absolute Gasteiger partial charge is 0.276 e. The van der Waals surface area contributed by atoms with E-state index >= 15 is 0 Å². The number of hydrogen-bond acceptors (Lipinski definition) is 14. The number of carbonyl (C=O) groups is 1. The highest BCUT2D eigenvalue weighted by Gasteiger charge is 2.41. The Hall–Kier alpha value is -5.13. The van der Waals surface area contributed by atoms with E-state index in [1.807, 2.05) is 32.4 Å². The van der Waals surface area contributed by atoms with Crippen LogP contribution in [0.3, 0.4) is 0 Å². The van der Waals surface area contributed by atoms with Crippen LogP contribution >= 0.6 is 0 Å². The summed E-state index contributed by atoms with van der Waals surface area (Å²) < 4.78 is 15.3. The van der Waals surface area contributed by atoms with Crippen LogP contribution < -0.4 is 0 Å². The van der Waals surface area contributed by atoms with Crippen molar-refractivity contribution in [3.63, 3.8) is 0 Å². The van der Waals surface area contributed by atoms with Gasteiger partial charge in [-0.05, 0) is 38.3 Å². The summed E-state index contributed by atoms with van der Waals surface area (Å²) in [5.41, 5.74) is 3.38. The molecule has 0 aliphatic carbocycles. The third-order valence-electron chi connectivity index (χ3n) is 11.5. The number of likely N-dealkylation sites (tertiary alicyclic amines) is 2. The third-order valence-corrected chi connectivity index (χ3v) is 11.5. The maximum absolute atomic E-state index is 14.0. The van der Waals surface area contributed by atoms with Crippen LogP contribution in [0.25, 0.3) is 28.1 Å². The van der Waals surface area contributed by atoms with E-state index in [1.54, 1.807) is 25.5 Å². The molecule has 5 aliphatic rings. The van der Waals surface area contributed by atoms with Gasteiger partial charge in [0.1, 0.15) is 0 Å². The normalized spacial score (nSPS) is 25.3. The first kappa shape index (κ1) is 31.6. The predicted octanol–water partition coefficient (Wildman–Crippen LogP) is 2.43. The van der Waals surface area contributed by atoms with Gasteiger partial charge >= 0.3 is 0 Å². The van der Waals surface area contributed by atoms with Crippen LogP contribution in [-0.4, -0.2) is 133 Å². The highest BCUT2D eigenvalue weighted by atomic mass is 16.5. The Morgan fingerprint density at radius 1 is 0.981 bits per heavy atom. The topological polar surface area (TPSA) is 169 Å². The molecule has 2 unspecified atom stereocenters. The van der Waals surface area contributed by atoms with E-state index in [0.29, 0.717) is 61.0 Å². The van der Waals surface area contributed by atoms with E-state index in [1.165, 1.54) is 0 Å². The summed E-state index contributed by atoms with van der Waals surface area (Å²) in [5.74, 6) is 2.83. The third kappa shape index (κ3) is 5.45. The number of hydrogen-bond donors (Lipinski definition) is 0. The maximum atomic E-state index is 14.0. The number of piperidine rings is 1. The number of carbonyl (C=O) groups excluding carboxylic acids is 1. The van der Waals surface area contributed by atoms with Crippen LogP contribution in [0.2, 0.25) is 0 Å². The summed E-state index contributed by atoms with van der Waals surface area (Å²) in [4.78, 5) is 42.1. The van der Waals surface area contributed by atoms with Crippen LogP contribution in [0.4, 0.5) is 0 Å². The lowest BCUT2D eigenvalue weighted by Gasteiger charge is -2.46. The van der Waals surface area contributed by atoms with E-state index in [-0.39, 0.29) is 24.0 Å². The van der Waals surface area contributed by atoms with Gasteiger partial charge in [-0.25, -0.2) is 19.6 Å². The summed E-state index contributed by atoms with van der Waals surface area (Å²) in [7, 11) is 0. The second kappa shape index (κ2) is 12.5. The minimum absolute atomic E-state index is 0.0550. The molecule has 1 amide bonds. The van der Waals surface area contributed by atoms with Gasteiger partial charge in [0.05, 0.1) is 30.4 Å². The van der Waals surface area contributed by atoms with Gasteiger partial charge in [-0.2, -0.15) is 10.1 Å². The lowest BCUT2D eigenvalue weighted by molar-refractivity contribution is 0.00781. The van der Waals surface area contributed by atoms with Crippen molar-refractivity contribution in [2.75, 3.05) is 52.4 Å². The minimum Gasteiger partial charge on any atom is -0.424 e. The standard InChI is InChI=1S/C35H40N14O3/c1-21(49-32-24(16-39-49)14-25(15-38-32)34-40-31(43-52-34)28-18-44-9-11-45(28)12-10-44)13-26-17-37-30(33-36-5-8-48(26)33)35(50)47-7-4-23-3-6-46(27(23)19-47)20-29-42-41-22(2)51-29/h5,8,14-17,21,23,27-28H,3-4,6-7,9-13,18-20H2,1-2H3/t21?,23-,27+,28?/m1/s1. The van der Waals surface area contributed by atoms with Crippen molar-refractivity contribution in [3.8, 4) is 11.5 Å². The highest BCUT2D eigenvalue weighted by Crippen LogP contribution is 2.34. The molecule has 0 radical (unpaired) electrons. The molecule has 6 aromatic heterocycles. The van der Waals surface area contributed by atoms with Crippen molar-refractivity contribution in [2.45, 2.75) is 57.8 Å². The van der Waals surface area contributed by atoms with E-state index in [4.69, 9.17) is 29.0 Å². The van der Waals surface area contributed by atoms with Crippen LogP contribution in [0.15, 0.2) is 46.0 Å². The second-order valence-corrected chi connectivity index (χ2v) is 14.6. The number of nitrogens with zero attached hydrogens (tertiary/aromatic N) is 14. The Morgan fingerprint density at radius 2 is 1.87 bits per heavy atom. The van der Waals surface area contributed by atoms with E-state index in [0.717, 1.165) is 80.2 Å². The van der Waals surface area contributed by atoms with Crippen molar-refractivity contribution in [1.29, 1.82) is 0 Å². The lowest BCUT2D eigenvalue weighted by Crippen LogP contribution is -2.57. The van der Waals surface area contributed by atoms with Crippen molar-refractivity contribution in [2.24, 2.45) is 5.92 Å². The fourth-order valence-electron chi connectivity index (χ4n) is 8.72. The fraction of sp³-hybridized carbons (Fsp3) is 0.514. The number of pyridine rings is 1. The molecule has 0 N–H and O–H groups in total. The summed E-state index contributed by atoms with van der Waals surface area (Å²) >= 11 is 0. The first-order valence-electron chi connectivity index (χ1n) is 18.2. The van der Waals surface area contributed by atoms with Gasteiger partial charge in [0.25, 0.3) is 11.8 Å². The van der Waals surface area contributed by atoms with Crippen molar-refractivity contribution < 1.29 is 13.7 Å². The van der Waals surface area contributed by atoms with Crippen LogP contribution in [-0.2, 0) is 13.0 Å². The molecule has 0 saturated carbocycles. The van der Waals surface area contributed by atoms with Gasteiger partial charge in [0.15, 0.2) is 22.8 Å². The van der Waals surface area contributed by atoms with E-state index < -0.39 is 0 Å². The molecule has 0 spiro atoms. The van der Waals surface area contributed by atoms with Gasteiger partial charge in [0, 0.05) is 101 Å². The number of fused-ring (bicyclic) bond motifs is 6. The van der Waals surface area contributed by atoms with E-state index in [9.17, 15) is 4.79 Å². The molecule has 4 atom stereocenters. The molecular formula is C35H40N14O3. The Kier molecular flexibility index (Phi) is 7.61. The molecular weight excluding hydrogens is 664 g/mol. The number of amides is 1. The first-order valence-corrected chi connectivity index (χ1v) is 18.2. The van der Waals surface area contributed by atoms with Gasteiger partial charge in [-0.3, -0.25) is 19.5 Å². The zero-order valence-electron chi connectivity index (χ0n) is 29.2. The molecule has 0 aromatic carbocycles. The molecule has 5 saturated heterocycles. The van der Waals surface area contributed by atoms with Crippen LogP contribution in [0.5, 0.6) is 0 Å². The number of aryl methyl sites for hydroxylation is 1. The molecule has 17 heteroatoms. The number of piperazine rings is 3. The Bertz CT molecular complexity index is 2270.